The molecule has 0 aromatic carbocycles. The van der Waals surface area contributed by atoms with Gasteiger partial charge in [-0.1, -0.05) is 6.42 Å². The van der Waals surface area contributed by atoms with Gasteiger partial charge in [-0.25, -0.2) is 0 Å². The molecule has 0 aliphatic carbocycles. The van der Waals surface area contributed by atoms with Gasteiger partial charge in [0.15, 0.2) is 0 Å². The van der Waals surface area contributed by atoms with Crippen LogP contribution < -0.4 is 0 Å². The van der Waals surface area contributed by atoms with Gasteiger partial charge in [-0.3, -0.25) is 0 Å². The van der Waals surface area contributed by atoms with Crippen molar-refractivity contribution in [2.24, 2.45) is 0 Å². The van der Waals surface area contributed by atoms with Crippen molar-refractivity contribution in [2.45, 2.75) is 37.7 Å². The Morgan fingerprint density at radius 1 is 1.12 bits per heavy atom. The lowest BCUT2D eigenvalue weighted by atomic mass is 10.1. The zero-order valence-electron chi connectivity index (χ0n) is 8.40. The lowest BCUT2D eigenvalue weighted by Gasteiger charge is -2.13. The number of aliphatic hydroxyl groups excluding tert-OH is 2. The van der Waals surface area contributed by atoms with Gasteiger partial charge in [0.2, 0.25) is 5.83 Å². The fourth-order valence-electron chi connectivity index (χ4n) is 1.07. The van der Waals surface area contributed by atoms with Gasteiger partial charge < -0.3 is 10.2 Å². The summed E-state index contributed by atoms with van der Waals surface area (Å²) in [4.78, 5) is 0. The molecule has 0 saturated heterocycles. The van der Waals surface area contributed by atoms with Gasteiger partial charge in [0.1, 0.15) is 0 Å². The maximum Gasteiger partial charge on any atom is 0.307 e. The van der Waals surface area contributed by atoms with Gasteiger partial charge in [-0.05, 0) is 12.8 Å². The standard InChI is InChI=1S/C9H13F5O2/c10-7(8(11)12)9(13,14)4-2-1-3-6(16)5-15/h6,15-16H,1-5H2. The minimum Gasteiger partial charge on any atom is -0.394 e. The molecule has 0 heterocycles. The lowest BCUT2D eigenvalue weighted by Crippen LogP contribution is -2.18. The van der Waals surface area contributed by atoms with Crippen molar-refractivity contribution in [1.82, 2.24) is 0 Å². The minimum absolute atomic E-state index is 0.0655. The third kappa shape index (κ3) is 5.41. The average Bonchev–Trinajstić information content (AvgIpc) is 2.22. The van der Waals surface area contributed by atoms with E-state index in [0.717, 1.165) is 0 Å². The molecule has 1 unspecified atom stereocenters. The van der Waals surface area contributed by atoms with E-state index in [1.54, 1.807) is 0 Å². The highest BCUT2D eigenvalue weighted by molar-refractivity contribution is 5.04. The van der Waals surface area contributed by atoms with Crippen molar-refractivity contribution in [3.05, 3.63) is 11.9 Å². The van der Waals surface area contributed by atoms with Crippen molar-refractivity contribution in [2.75, 3.05) is 6.61 Å². The first-order chi connectivity index (χ1) is 7.31. The van der Waals surface area contributed by atoms with E-state index >= 15 is 0 Å². The van der Waals surface area contributed by atoms with E-state index in [9.17, 15) is 22.0 Å². The Morgan fingerprint density at radius 3 is 2.12 bits per heavy atom. The average molecular weight is 248 g/mol. The van der Waals surface area contributed by atoms with Crippen LogP contribution in [0.15, 0.2) is 11.9 Å². The van der Waals surface area contributed by atoms with Gasteiger partial charge in [0.25, 0.3) is 0 Å². The summed E-state index contributed by atoms with van der Waals surface area (Å²) in [7, 11) is 0. The number of halogens is 5. The molecule has 2 nitrogen and oxygen atoms in total. The monoisotopic (exact) mass is 248 g/mol. The Morgan fingerprint density at radius 2 is 1.69 bits per heavy atom. The van der Waals surface area contributed by atoms with Crippen LogP contribution in [0, 0.1) is 0 Å². The van der Waals surface area contributed by atoms with Crippen molar-refractivity contribution in [3.8, 4) is 0 Å². The van der Waals surface area contributed by atoms with E-state index in [-0.39, 0.29) is 19.3 Å². The number of hydrogen-bond acceptors (Lipinski definition) is 2. The molecular formula is C9H13F5O2. The predicted molar refractivity (Wildman–Crippen MR) is 46.9 cm³/mol. The molecule has 0 aliphatic rings. The predicted octanol–water partition coefficient (Wildman–Crippen LogP) is 2.61. The summed E-state index contributed by atoms with van der Waals surface area (Å²) in [5, 5.41) is 17.2. The van der Waals surface area contributed by atoms with Crippen LogP contribution in [0.25, 0.3) is 0 Å². The van der Waals surface area contributed by atoms with Crippen LogP contribution in [0.1, 0.15) is 25.7 Å². The molecule has 0 fully saturated rings. The molecule has 0 radical (unpaired) electrons. The number of aliphatic hydroxyl groups is 2. The van der Waals surface area contributed by atoms with Crippen molar-refractivity contribution in [3.63, 3.8) is 0 Å². The van der Waals surface area contributed by atoms with Crippen molar-refractivity contribution < 1.29 is 32.2 Å². The molecule has 96 valence electrons. The molecule has 0 aliphatic heterocycles. The summed E-state index contributed by atoms with van der Waals surface area (Å²) < 4.78 is 60.7. The molecule has 16 heavy (non-hydrogen) atoms. The summed E-state index contributed by atoms with van der Waals surface area (Å²) in [5.41, 5.74) is 0. The largest absolute Gasteiger partial charge is 0.394 e. The van der Waals surface area contributed by atoms with E-state index in [1.165, 1.54) is 0 Å². The minimum atomic E-state index is -4.16. The second-order valence-electron chi connectivity index (χ2n) is 3.36. The van der Waals surface area contributed by atoms with Gasteiger partial charge >= 0.3 is 12.0 Å². The van der Waals surface area contributed by atoms with Crippen molar-refractivity contribution >= 4 is 0 Å². The number of rotatable bonds is 7. The van der Waals surface area contributed by atoms with Gasteiger partial charge in [-0.2, -0.15) is 22.0 Å². The molecule has 0 aromatic heterocycles. The molecule has 0 amide bonds. The van der Waals surface area contributed by atoms with Crippen LogP contribution in [0.5, 0.6) is 0 Å². The molecule has 0 rings (SSSR count). The lowest BCUT2D eigenvalue weighted by molar-refractivity contribution is -0.00124. The number of unbranched alkanes of at least 4 members (excludes halogenated alkanes) is 1. The van der Waals surface area contributed by atoms with E-state index in [4.69, 9.17) is 10.2 Å². The maximum absolute atomic E-state index is 12.6. The molecule has 0 saturated carbocycles. The highest BCUT2D eigenvalue weighted by Gasteiger charge is 2.38. The highest BCUT2D eigenvalue weighted by Crippen LogP contribution is 2.33. The van der Waals surface area contributed by atoms with Crippen LogP contribution in [-0.4, -0.2) is 28.8 Å². The van der Waals surface area contributed by atoms with Gasteiger partial charge in [-0.15, -0.1) is 0 Å². The Hall–Kier alpha value is -0.690. The van der Waals surface area contributed by atoms with Gasteiger partial charge in [0, 0.05) is 6.42 Å². The Bertz CT molecular complexity index is 238. The van der Waals surface area contributed by atoms with Crippen LogP contribution in [0.2, 0.25) is 0 Å². The number of hydrogen-bond donors (Lipinski definition) is 2. The second kappa shape index (κ2) is 6.80. The summed E-state index contributed by atoms with van der Waals surface area (Å²) in [6.45, 7) is -0.496. The molecule has 0 bridgehead atoms. The SMILES string of the molecule is OCC(O)CCCCC(F)(F)C(F)=C(F)F. The van der Waals surface area contributed by atoms with E-state index in [2.05, 4.69) is 0 Å². The third-order valence-electron chi connectivity index (χ3n) is 1.98. The number of allylic oxidation sites excluding steroid dienone is 1. The summed E-state index contributed by atoms with van der Waals surface area (Å²) in [6.07, 6.45) is -5.14. The molecule has 1 atom stereocenters. The zero-order chi connectivity index (χ0) is 12.8. The van der Waals surface area contributed by atoms with Gasteiger partial charge in [0.05, 0.1) is 12.7 Å². The Kier molecular flexibility index (Phi) is 6.51. The first-order valence-electron chi connectivity index (χ1n) is 4.69. The molecule has 0 aromatic rings. The molecule has 0 spiro atoms. The van der Waals surface area contributed by atoms with E-state index in [1.807, 2.05) is 0 Å². The van der Waals surface area contributed by atoms with E-state index < -0.39 is 37.0 Å². The normalized spacial score (nSPS) is 13.7. The second-order valence-corrected chi connectivity index (χ2v) is 3.36. The topological polar surface area (TPSA) is 40.5 Å². The van der Waals surface area contributed by atoms with Crippen LogP contribution >= 0.6 is 0 Å². The molecular weight excluding hydrogens is 235 g/mol. The maximum atomic E-state index is 12.6. The highest BCUT2D eigenvalue weighted by atomic mass is 19.3. The van der Waals surface area contributed by atoms with Crippen LogP contribution in [0.3, 0.4) is 0 Å². The van der Waals surface area contributed by atoms with Crippen LogP contribution in [0.4, 0.5) is 22.0 Å². The summed E-state index contributed by atoms with van der Waals surface area (Å²) in [6, 6.07) is 0. The summed E-state index contributed by atoms with van der Waals surface area (Å²) >= 11 is 0. The number of alkyl halides is 2. The molecule has 2 N–H and O–H groups in total. The first-order valence-corrected chi connectivity index (χ1v) is 4.69. The molecule has 7 heteroatoms. The quantitative estimate of drug-likeness (QED) is 0.537. The zero-order valence-corrected chi connectivity index (χ0v) is 8.40. The first kappa shape index (κ1) is 15.3. The Balaban J connectivity index is 3.97. The van der Waals surface area contributed by atoms with E-state index in [0.29, 0.717) is 0 Å². The van der Waals surface area contributed by atoms with Crippen molar-refractivity contribution in [1.29, 1.82) is 0 Å². The smallest absolute Gasteiger partial charge is 0.307 e. The Labute approximate surface area is 89.4 Å². The fraction of sp³-hybridized carbons (Fsp3) is 0.778. The third-order valence-corrected chi connectivity index (χ3v) is 1.98. The summed E-state index contributed by atoms with van der Waals surface area (Å²) in [5.74, 6) is -6.86. The fourth-order valence-corrected chi connectivity index (χ4v) is 1.07. The van der Waals surface area contributed by atoms with Crippen LogP contribution in [-0.2, 0) is 0 Å².